The third-order valence-corrected chi connectivity index (χ3v) is 2.78. The van der Waals surface area contributed by atoms with E-state index in [2.05, 4.69) is 26.6 Å². The fraction of sp³-hybridized carbons (Fsp3) is 0.769. The highest BCUT2D eigenvalue weighted by atomic mass is 79.9. The Kier molecular flexibility index (Phi) is 15.2. The number of carbonyl (C=O) groups excluding carboxylic acids is 3. The molecule has 0 aromatic heterocycles. The minimum absolute atomic E-state index is 0.0330. The van der Waals surface area contributed by atoms with Gasteiger partial charge in [0, 0.05) is 31.8 Å². The van der Waals surface area contributed by atoms with Crippen LogP contribution in [0.1, 0.15) is 40.0 Å². The van der Waals surface area contributed by atoms with E-state index in [-0.39, 0.29) is 23.6 Å². The van der Waals surface area contributed by atoms with Crippen LogP contribution in [0.5, 0.6) is 0 Å². The Balaban J connectivity index is 0. The lowest BCUT2D eigenvalue weighted by Crippen LogP contribution is -2.30. The predicted octanol–water partition coefficient (Wildman–Crippen LogP) is 0.932. The van der Waals surface area contributed by atoms with Gasteiger partial charge in [-0.1, -0.05) is 36.7 Å². The first-order valence-electron chi connectivity index (χ1n) is 6.87. The van der Waals surface area contributed by atoms with Crippen molar-refractivity contribution >= 4 is 33.7 Å². The van der Waals surface area contributed by atoms with Crippen LogP contribution in [0.4, 0.5) is 0 Å². The molecule has 1 aliphatic heterocycles. The maximum absolute atomic E-state index is 10.8. The van der Waals surface area contributed by atoms with Crippen molar-refractivity contribution in [2.75, 3.05) is 18.4 Å². The molecule has 6 nitrogen and oxygen atoms in total. The van der Waals surface area contributed by atoms with E-state index in [0.717, 1.165) is 6.42 Å². The maximum Gasteiger partial charge on any atom is 0.230 e. The van der Waals surface area contributed by atoms with E-state index >= 15 is 0 Å². The van der Waals surface area contributed by atoms with Crippen LogP contribution >= 0.6 is 15.9 Å². The van der Waals surface area contributed by atoms with E-state index in [1.54, 1.807) is 0 Å². The molecule has 118 valence electrons. The molecule has 0 aliphatic carbocycles. The van der Waals surface area contributed by atoms with Crippen molar-refractivity contribution in [2.45, 2.75) is 40.0 Å². The van der Waals surface area contributed by atoms with Crippen molar-refractivity contribution in [1.82, 2.24) is 10.6 Å². The first-order chi connectivity index (χ1) is 9.49. The highest BCUT2D eigenvalue weighted by Crippen LogP contribution is 2.06. The number of alkyl halides is 1. The molecule has 0 aromatic rings. The SMILES string of the molecule is CC.CCCC(N)=O.O=C(CBr)NCC1CNC(=O)C1. The van der Waals surface area contributed by atoms with Crippen molar-refractivity contribution in [3.05, 3.63) is 0 Å². The second kappa shape index (κ2) is 14.3. The van der Waals surface area contributed by atoms with Crippen molar-refractivity contribution in [2.24, 2.45) is 11.7 Å². The molecule has 1 aliphatic rings. The summed E-state index contributed by atoms with van der Waals surface area (Å²) in [6, 6.07) is 0. The van der Waals surface area contributed by atoms with Gasteiger partial charge in [0.2, 0.25) is 17.7 Å². The molecule has 1 heterocycles. The van der Waals surface area contributed by atoms with E-state index in [1.807, 2.05) is 20.8 Å². The number of rotatable bonds is 5. The Bertz CT molecular complexity index is 299. The fourth-order valence-electron chi connectivity index (χ4n) is 1.36. The van der Waals surface area contributed by atoms with Gasteiger partial charge in [-0.2, -0.15) is 0 Å². The van der Waals surface area contributed by atoms with Crippen LogP contribution in [0, 0.1) is 5.92 Å². The minimum atomic E-state index is -0.211. The van der Waals surface area contributed by atoms with Crippen LogP contribution in [0.15, 0.2) is 0 Å². The predicted molar refractivity (Wildman–Crippen MR) is 83.4 cm³/mol. The first kappa shape index (κ1) is 21.2. The summed E-state index contributed by atoms with van der Waals surface area (Å²) in [5, 5.41) is 5.75. The zero-order valence-electron chi connectivity index (χ0n) is 12.5. The number of halogens is 1. The minimum Gasteiger partial charge on any atom is -0.370 e. The second-order valence-electron chi connectivity index (χ2n) is 4.03. The molecule has 3 amide bonds. The van der Waals surface area contributed by atoms with Gasteiger partial charge in [-0.3, -0.25) is 14.4 Å². The number of hydrogen-bond acceptors (Lipinski definition) is 3. The molecule has 0 saturated carbocycles. The first-order valence-corrected chi connectivity index (χ1v) is 7.99. The Morgan fingerprint density at radius 1 is 1.45 bits per heavy atom. The van der Waals surface area contributed by atoms with E-state index in [0.29, 0.717) is 31.3 Å². The molecule has 0 spiro atoms. The normalized spacial score (nSPS) is 16.0. The third-order valence-electron chi connectivity index (χ3n) is 2.27. The molecule has 1 rings (SSSR count). The molecular weight excluding hydrogens is 326 g/mol. The standard InChI is InChI=1S/C7H11BrN2O2.C4H9NO.C2H6/c8-2-7(12)10-4-5-1-6(11)9-3-5;1-2-3-4(5)6;1-2/h5H,1-4H2,(H,9,11)(H,10,12);2-3H2,1H3,(H2,5,6);1-2H3. The lowest BCUT2D eigenvalue weighted by atomic mass is 10.1. The van der Waals surface area contributed by atoms with Gasteiger partial charge in [0.05, 0.1) is 5.33 Å². The average Bonchev–Trinajstić information content (AvgIpc) is 2.84. The van der Waals surface area contributed by atoms with Gasteiger partial charge < -0.3 is 16.4 Å². The molecule has 1 atom stereocenters. The van der Waals surface area contributed by atoms with Crippen LogP contribution in [0.3, 0.4) is 0 Å². The highest BCUT2D eigenvalue weighted by molar-refractivity contribution is 9.09. The van der Waals surface area contributed by atoms with Gasteiger partial charge in [-0.05, 0) is 6.42 Å². The van der Waals surface area contributed by atoms with Gasteiger partial charge in [-0.25, -0.2) is 0 Å². The Labute approximate surface area is 129 Å². The van der Waals surface area contributed by atoms with Gasteiger partial charge in [0.25, 0.3) is 0 Å². The molecule has 4 N–H and O–H groups in total. The second-order valence-corrected chi connectivity index (χ2v) is 4.59. The summed E-state index contributed by atoms with van der Waals surface area (Å²) in [6.07, 6.45) is 1.90. The molecule has 1 saturated heterocycles. The summed E-state index contributed by atoms with van der Waals surface area (Å²) in [5.41, 5.74) is 4.76. The van der Waals surface area contributed by atoms with Crippen LogP contribution in [0.25, 0.3) is 0 Å². The van der Waals surface area contributed by atoms with Gasteiger partial charge in [0.1, 0.15) is 0 Å². The number of nitrogens with one attached hydrogen (secondary N) is 2. The summed E-state index contributed by atoms with van der Waals surface area (Å²) in [6.45, 7) is 7.19. The molecule has 20 heavy (non-hydrogen) atoms. The van der Waals surface area contributed by atoms with Gasteiger partial charge in [0.15, 0.2) is 0 Å². The highest BCUT2D eigenvalue weighted by Gasteiger charge is 2.21. The lowest BCUT2D eigenvalue weighted by molar-refractivity contribution is -0.120. The van der Waals surface area contributed by atoms with Crippen molar-refractivity contribution in [3.8, 4) is 0 Å². The van der Waals surface area contributed by atoms with E-state index in [9.17, 15) is 14.4 Å². The fourth-order valence-corrected chi connectivity index (χ4v) is 1.56. The number of hydrogen-bond donors (Lipinski definition) is 3. The largest absolute Gasteiger partial charge is 0.370 e. The number of primary amides is 1. The van der Waals surface area contributed by atoms with E-state index in [1.165, 1.54) is 0 Å². The molecule has 0 bridgehead atoms. The van der Waals surface area contributed by atoms with Crippen LogP contribution in [-0.2, 0) is 14.4 Å². The van der Waals surface area contributed by atoms with Crippen molar-refractivity contribution < 1.29 is 14.4 Å². The monoisotopic (exact) mass is 351 g/mol. The Hall–Kier alpha value is -1.11. The maximum atomic E-state index is 10.8. The molecular formula is C13H26BrN3O3. The molecule has 1 unspecified atom stereocenters. The van der Waals surface area contributed by atoms with Crippen molar-refractivity contribution in [3.63, 3.8) is 0 Å². The number of carbonyl (C=O) groups is 3. The quantitative estimate of drug-likeness (QED) is 0.642. The smallest absolute Gasteiger partial charge is 0.230 e. The van der Waals surface area contributed by atoms with E-state index in [4.69, 9.17) is 5.73 Å². The summed E-state index contributed by atoms with van der Waals surface area (Å²) < 4.78 is 0. The third kappa shape index (κ3) is 13.3. The molecule has 0 aromatic carbocycles. The van der Waals surface area contributed by atoms with E-state index < -0.39 is 0 Å². The van der Waals surface area contributed by atoms with Gasteiger partial charge in [-0.15, -0.1) is 0 Å². The summed E-state index contributed by atoms with van der Waals surface area (Å²) in [7, 11) is 0. The lowest BCUT2D eigenvalue weighted by Gasteiger charge is -2.07. The van der Waals surface area contributed by atoms with Crippen molar-refractivity contribution in [1.29, 1.82) is 0 Å². The average molecular weight is 352 g/mol. The summed E-state index contributed by atoms with van der Waals surface area (Å²) in [4.78, 5) is 31.3. The van der Waals surface area contributed by atoms with Crippen LogP contribution < -0.4 is 16.4 Å². The van der Waals surface area contributed by atoms with Gasteiger partial charge >= 0.3 is 0 Å². The topological polar surface area (TPSA) is 101 Å². The zero-order chi connectivity index (χ0) is 16.0. The number of amides is 3. The summed E-state index contributed by atoms with van der Waals surface area (Å²) in [5.74, 6) is 0.0976. The number of nitrogens with two attached hydrogens (primary N) is 1. The molecule has 1 fully saturated rings. The molecule has 7 heteroatoms. The Morgan fingerprint density at radius 2 is 2.05 bits per heavy atom. The Morgan fingerprint density at radius 3 is 2.35 bits per heavy atom. The van der Waals surface area contributed by atoms with Crippen LogP contribution in [-0.4, -0.2) is 36.1 Å². The van der Waals surface area contributed by atoms with Crippen LogP contribution in [0.2, 0.25) is 0 Å². The summed E-state index contributed by atoms with van der Waals surface area (Å²) >= 11 is 3.04. The zero-order valence-corrected chi connectivity index (χ0v) is 14.1. The molecule has 0 radical (unpaired) electrons.